The molecule has 0 bridgehead atoms. The smallest absolute Gasteiger partial charge is 0.545 e. The normalized spacial score (nSPS) is 12.3. The molecule has 7 nitrogen and oxygen atoms in total. The predicted octanol–water partition coefficient (Wildman–Crippen LogP) is 2.18. The third kappa shape index (κ3) is 5.09. The summed E-state index contributed by atoms with van der Waals surface area (Å²) in [5, 5.41) is 13.6. The number of pyridine rings is 1. The number of nitrogens with zero attached hydrogens (tertiary/aromatic N) is 1. The van der Waals surface area contributed by atoms with Gasteiger partial charge in [-0.05, 0) is 62.2 Å². The minimum Gasteiger partial charge on any atom is -0.545 e. The number of hydrogen-bond donors (Lipinski definition) is 0. The fourth-order valence-electron chi connectivity index (χ4n) is 4.48. The molecule has 5 rings (SSSR count). The van der Waals surface area contributed by atoms with Gasteiger partial charge >= 0.3 is 29.6 Å². The molecule has 1 atom stereocenters. The van der Waals surface area contributed by atoms with Gasteiger partial charge in [0.05, 0.1) is 21.8 Å². The largest absolute Gasteiger partial charge is 1.00 e. The first-order valence-corrected chi connectivity index (χ1v) is 13.5. The molecule has 0 N–H and O–H groups in total. The molecular weight excluding hydrogens is 513 g/mol. The van der Waals surface area contributed by atoms with Crippen LogP contribution in [0.1, 0.15) is 40.1 Å². The van der Waals surface area contributed by atoms with Gasteiger partial charge in [0.2, 0.25) is 0 Å². The molecule has 0 spiro atoms. The SMILES string of the molecule is Cc1c(-c2cc(C(=O)[O-])c3c(O[C@H](C)c4ccc(S(C)(=O)=O)cc4)ccc(C)c3n2)oc2ccccc12.[Na+]. The first-order valence-electron chi connectivity index (χ1n) is 11.7. The number of aromatic carboxylic acids is 1. The zero-order valence-electron chi connectivity index (χ0n) is 21.7. The predicted molar refractivity (Wildman–Crippen MR) is 139 cm³/mol. The number of hydrogen-bond acceptors (Lipinski definition) is 7. The van der Waals surface area contributed by atoms with Crippen molar-refractivity contribution in [3.63, 3.8) is 0 Å². The number of carboxylic acid groups (broad SMARTS) is 1. The number of carboxylic acids is 1. The molecule has 0 aliphatic carbocycles. The van der Waals surface area contributed by atoms with Crippen molar-refractivity contribution in [3.8, 4) is 17.2 Å². The first kappa shape index (κ1) is 27.9. The minimum atomic E-state index is -3.32. The number of rotatable bonds is 6. The molecule has 0 fully saturated rings. The van der Waals surface area contributed by atoms with E-state index in [-0.39, 0.29) is 40.0 Å². The molecule has 5 aromatic rings. The molecule has 0 amide bonds. The van der Waals surface area contributed by atoms with E-state index >= 15 is 0 Å². The van der Waals surface area contributed by atoms with E-state index in [0.717, 1.165) is 28.3 Å². The molecule has 9 heteroatoms. The summed E-state index contributed by atoms with van der Waals surface area (Å²) in [7, 11) is -3.32. The molecule has 0 saturated carbocycles. The van der Waals surface area contributed by atoms with Crippen LogP contribution >= 0.6 is 0 Å². The Hall–Kier alpha value is -3.17. The van der Waals surface area contributed by atoms with Gasteiger partial charge in [-0.25, -0.2) is 13.4 Å². The van der Waals surface area contributed by atoms with Crippen LogP contribution in [0, 0.1) is 13.8 Å². The molecular formula is C29H24NNaO6S. The number of para-hydroxylation sites is 1. The summed E-state index contributed by atoms with van der Waals surface area (Å²) in [6.45, 7) is 5.56. The number of ether oxygens (including phenoxy) is 1. The molecule has 0 unspecified atom stereocenters. The van der Waals surface area contributed by atoms with Crippen LogP contribution < -0.4 is 39.4 Å². The summed E-state index contributed by atoms with van der Waals surface area (Å²) < 4.78 is 35.8. The summed E-state index contributed by atoms with van der Waals surface area (Å²) in [5.41, 5.74) is 3.86. The van der Waals surface area contributed by atoms with E-state index in [1.807, 2.05) is 44.2 Å². The molecule has 0 aliphatic heterocycles. The standard InChI is InChI=1S/C29H25NO6S.Na/c1-16-9-14-25(35-18(3)19-10-12-20(13-11-19)37(4,33)34)26-22(29(31)32)15-23(30-27(16)26)28-17(2)21-7-5-6-8-24(21)36-28;/h5-15,18H,1-4H3,(H,31,32);/q;+1/p-1/t18-;/m1./s1. The van der Waals surface area contributed by atoms with Gasteiger partial charge in [-0.2, -0.15) is 0 Å². The summed E-state index contributed by atoms with van der Waals surface area (Å²) in [6, 6.07) is 19.0. The first-order chi connectivity index (χ1) is 17.5. The average molecular weight is 538 g/mol. The van der Waals surface area contributed by atoms with Gasteiger partial charge in [0.1, 0.15) is 23.1 Å². The molecule has 0 aliphatic rings. The Morgan fingerprint density at radius 1 is 1.03 bits per heavy atom. The van der Waals surface area contributed by atoms with E-state index in [1.54, 1.807) is 25.1 Å². The Balaban J connectivity index is 0.00000336. The quantitative estimate of drug-likeness (QED) is 0.306. The minimum absolute atomic E-state index is 0. The Labute approximate surface area is 242 Å². The number of aromatic nitrogens is 1. The summed E-state index contributed by atoms with van der Waals surface area (Å²) in [5.74, 6) is -0.529. The second kappa shape index (κ2) is 10.5. The number of benzene rings is 3. The fourth-order valence-corrected chi connectivity index (χ4v) is 5.11. The van der Waals surface area contributed by atoms with Crippen molar-refractivity contribution in [2.24, 2.45) is 0 Å². The van der Waals surface area contributed by atoms with Crippen LogP contribution in [0.25, 0.3) is 33.3 Å². The van der Waals surface area contributed by atoms with Crippen LogP contribution in [-0.4, -0.2) is 25.6 Å². The third-order valence-corrected chi connectivity index (χ3v) is 7.63. The fraction of sp³-hybridized carbons (Fsp3) is 0.172. The number of furan rings is 1. The molecule has 2 aromatic heterocycles. The number of carbonyl (C=O) groups is 1. The van der Waals surface area contributed by atoms with E-state index < -0.39 is 21.9 Å². The second-order valence-electron chi connectivity index (χ2n) is 9.10. The summed E-state index contributed by atoms with van der Waals surface area (Å²) in [4.78, 5) is 17.3. The number of fused-ring (bicyclic) bond motifs is 2. The zero-order chi connectivity index (χ0) is 26.5. The van der Waals surface area contributed by atoms with Crippen molar-refractivity contribution in [1.82, 2.24) is 4.98 Å². The number of carbonyl (C=O) groups excluding carboxylic acids is 1. The van der Waals surface area contributed by atoms with Gasteiger partial charge in [-0.1, -0.05) is 36.4 Å². The monoisotopic (exact) mass is 537 g/mol. The zero-order valence-corrected chi connectivity index (χ0v) is 24.5. The van der Waals surface area contributed by atoms with E-state index in [9.17, 15) is 18.3 Å². The van der Waals surface area contributed by atoms with Crippen LogP contribution in [0.2, 0.25) is 0 Å². The van der Waals surface area contributed by atoms with E-state index in [4.69, 9.17) is 14.1 Å². The van der Waals surface area contributed by atoms with Crippen LogP contribution in [0.15, 0.2) is 76.0 Å². The van der Waals surface area contributed by atoms with Gasteiger partial charge in [-0.15, -0.1) is 0 Å². The maximum atomic E-state index is 12.3. The van der Waals surface area contributed by atoms with Crippen LogP contribution in [0.5, 0.6) is 5.75 Å². The molecule has 3 aromatic carbocycles. The van der Waals surface area contributed by atoms with Gasteiger partial charge < -0.3 is 19.1 Å². The molecule has 0 saturated heterocycles. The maximum absolute atomic E-state index is 12.3. The van der Waals surface area contributed by atoms with Crippen molar-refractivity contribution in [3.05, 3.63) is 89.0 Å². The van der Waals surface area contributed by atoms with E-state index in [1.165, 1.54) is 18.2 Å². The van der Waals surface area contributed by atoms with Crippen molar-refractivity contribution >= 4 is 37.7 Å². The molecule has 38 heavy (non-hydrogen) atoms. The molecule has 0 radical (unpaired) electrons. The maximum Gasteiger partial charge on any atom is 1.00 e. The van der Waals surface area contributed by atoms with Gasteiger partial charge in [0.25, 0.3) is 0 Å². The van der Waals surface area contributed by atoms with Gasteiger partial charge in [0, 0.05) is 22.8 Å². The second-order valence-corrected chi connectivity index (χ2v) is 11.1. The van der Waals surface area contributed by atoms with E-state index in [0.29, 0.717) is 33.7 Å². The van der Waals surface area contributed by atoms with Crippen molar-refractivity contribution in [1.29, 1.82) is 0 Å². The summed E-state index contributed by atoms with van der Waals surface area (Å²) in [6.07, 6.45) is 0.655. The average Bonchev–Trinajstić information content (AvgIpc) is 3.21. The Kier molecular flexibility index (Phi) is 7.72. The van der Waals surface area contributed by atoms with Crippen LogP contribution in [-0.2, 0) is 9.84 Å². The summed E-state index contributed by atoms with van der Waals surface area (Å²) >= 11 is 0. The Morgan fingerprint density at radius 2 is 1.71 bits per heavy atom. The van der Waals surface area contributed by atoms with Crippen molar-refractivity contribution in [2.75, 3.05) is 6.26 Å². The Bertz CT molecular complexity index is 1790. The molecule has 2 heterocycles. The Morgan fingerprint density at radius 3 is 2.34 bits per heavy atom. The number of sulfone groups is 1. The number of aryl methyl sites for hydroxylation is 2. The van der Waals surface area contributed by atoms with Crippen LogP contribution in [0.3, 0.4) is 0 Å². The van der Waals surface area contributed by atoms with Gasteiger partial charge in [0.15, 0.2) is 15.6 Å². The molecule has 188 valence electrons. The van der Waals surface area contributed by atoms with Crippen molar-refractivity contribution in [2.45, 2.75) is 31.8 Å². The topological polar surface area (TPSA) is 110 Å². The third-order valence-electron chi connectivity index (χ3n) is 6.50. The van der Waals surface area contributed by atoms with Gasteiger partial charge in [-0.3, -0.25) is 0 Å². The van der Waals surface area contributed by atoms with Crippen molar-refractivity contribution < 1.29 is 57.0 Å². The van der Waals surface area contributed by atoms with E-state index in [2.05, 4.69) is 0 Å². The van der Waals surface area contributed by atoms with Crippen LogP contribution in [0.4, 0.5) is 0 Å².